The Morgan fingerprint density at radius 2 is 1.88 bits per heavy atom. The number of H-pyrrole nitrogens is 1. The summed E-state index contributed by atoms with van der Waals surface area (Å²) in [6.07, 6.45) is 0. The van der Waals surface area contributed by atoms with Crippen molar-refractivity contribution < 1.29 is 19.1 Å². The predicted octanol–water partition coefficient (Wildman–Crippen LogP) is 2.55. The molecule has 3 atom stereocenters. The van der Waals surface area contributed by atoms with Gasteiger partial charge in [-0.3, -0.25) is 4.79 Å². The molecule has 1 aromatic rings. The zero-order chi connectivity index (χ0) is 17.6. The van der Waals surface area contributed by atoms with Crippen LogP contribution < -0.4 is 4.90 Å². The number of rotatable bonds is 3. The molecule has 0 aromatic carbocycles. The van der Waals surface area contributed by atoms with E-state index >= 15 is 0 Å². The molecule has 7 heteroatoms. The highest BCUT2D eigenvalue weighted by atomic mass is 32.1. The Labute approximate surface area is 146 Å². The minimum atomic E-state index is -0.559. The van der Waals surface area contributed by atoms with Gasteiger partial charge in [0.05, 0.1) is 18.6 Å². The number of piperidine rings is 1. The summed E-state index contributed by atoms with van der Waals surface area (Å²) in [7, 11) is 1.43. The van der Waals surface area contributed by atoms with E-state index in [2.05, 4.69) is 9.88 Å². The molecule has 0 spiro atoms. The lowest BCUT2D eigenvalue weighted by atomic mass is 10.2. The Morgan fingerprint density at radius 3 is 2.38 bits per heavy atom. The van der Waals surface area contributed by atoms with Gasteiger partial charge < -0.3 is 19.4 Å². The van der Waals surface area contributed by atoms with Gasteiger partial charge in [-0.2, -0.15) is 0 Å². The Kier molecular flexibility index (Phi) is 4.15. The van der Waals surface area contributed by atoms with Crippen molar-refractivity contribution in [2.24, 2.45) is 17.8 Å². The number of ether oxygens (including phenoxy) is 2. The lowest BCUT2D eigenvalue weighted by Gasteiger charge is -2.22. The van der Waals surface area contributed by atoms with E-state index < -0.39 is 11.6 Å². The van der Waals surface area contributed by atoms with Crippen molar-refractivity contribution in [2.75, 3.05) is 25.1 Å². The number of esters is 2. The van der Waals surface area contributed by atoms with E-state index in [1.165, 1.54) is 7.11 Å². The summed E-state index contributed by atoms with van der Waals surface area (Å²) >= 11 is 5.31. The summed E-state index contributed by atoms with van der Waals surface area (Å²) in [6.45, 7) is 7.05. The second-order valence-electron chi connectivity index (χ2n) is 7.37. The van der Waals surface area contributed by atoms with Crippen LogP contribution in [-0.2, 0) is 14.3 Å². The molecule has 1 saturated carbocycles. The monoisotopic (exact) mass is 350 g/mol. The second kappa shape index (κ2) is 5.88. The van der Waals surface area contributed by atoms with Crippen LogP contribution >= 0.6 is 12.2 Å². The van der Waals surface area contributed by atoms with Gasteiger partial charge in [0.1, 0.15) is 16.1 Å². The summed E-state index contributed by atoms with van der Waals surface area (Å²) in [6, 6.07) is 3.54. The molecule has 0 amide bonds. The molecule has 2 heterocycles. The largest absolute Gasteiger partial charge is 0.469 e. The minimum absolute atomic E-state index is 0.0373. The Hall–Kier alpha value is -1.89. The first-order chi connectivity index (χ1) is 11.2. The number of hydrogen-bond acceptors (Lipinski definition) is 6. The highest BCUT2D eigenvalue weighted by Gasteiger charge is 2.60. The van der Waals surface area contributed by atoms with Gasteiger partial charge in [0.15, 0.2) is 0 Å². The van der Waals surface area contributed by atoms with E-state index in [0.29, 0.717) is 22.0 Å². The molecule has 0 bridgehead atoms. The zero-order valence-corrected chi connectivity index (χ0v) is 15.1. The van der Waals surface area contributed by atoms with Crippen LogP contribution in [0.3, 0.4) is 0 Å². The lowest BCUT2D eigenvalue weighted by molar-refractivity contribution is -0.142. The van der Waals surface area contributed by atoms with E-state index in [9.17, 15) is 9.59 Å². The Bertz CT molecular complexity index is 725. The number of fused-ring (bicyclic) bond motifs is 1. The van der Waals surface area contributed by atoms with Crippen LogP contribution in [0.2, 0.25) is 0 Å². The third kappa shape index (κ3) is 3.17. The quantitative estimate of drug-likeness (QED) is 0.667. The molecule has 1 N–H and O–H groups in total. The number of methoxy groups -OCH3 is 1. The number of carbonyl (C=O) groups excluding carboxylic acids is 2. The van der Waals surface area contributed by atoms with E-state index in [-0.39, 0.29) is 11.9 Å². The first kappa shape index (κ1) is 17.0. The molecule has 1 saturated heterocycles. The standard InChI is InChI=1S/C17H22N2O4S/c1-17(2,3)23-15(20)9-5-6-12(18-14(9)24)19-7-10-11(8-19)13(10)16(21)22-4/h5-6,10-11,13H,7-8H2,1-4H3,(H,18,24)/t10-,11+,13?. The Balaban J connectivity index is 1.68. The zero-order valence-electron chi connectivity index (χ0n) is 14.3. The molecule has 1 aliphatic heterocycles. The van der Waals surface area contributed by atoms with Crippen LogP contribution in [0.15, 0.2) is 12.1 Å². The van der Waals surface area contributed by atoms with Crippen molar-refractivity contribution in [3.63, 3.8) is 0 Å². The van der Waals surface area contributed by atoms with Gasteiger partial charge in [0.25, 0.3) is 0 Å². The van der Waals surface area contributed by atoms with Crippen LogP contribution in [0, 0.1) is 22.4 Å². The average Bonchev–Trinajstić information content (AvgIpc) is 2.98. The molecule has 130 valence electrons. The van der Waals surface area contributed by atoms with Gasteiger partial charge in [-0.15, -0.1) is 0 Å². The van der Waals surface area contributed by atoms with Gasteiger partial charge >= 0.3 is 11.9 Å². The molecule has 2 aliphatic rings. The molecule has 1 unspecified atom stereocenters. The molecular weight excluding hydrogens is 328 g/mol. The third-order valence-electron chi connectivity index (χ3n) is 4.52. The normalized spacial score (nSPS) is 25.2. The van der Waals surface area contributed by atoms with Crippen molar-refractivity contribution in [1.82, 2.24) is 4.98 Å². The Morgan fingerprint density at radius 1 is 1.25 bits per heavy atom. The third-order valence-corrected chi connectivity index (χ3v) is 4.84. The predicted molar refractivity (Wildman–Crippen MR) is 91.5 cm³/mol. The first-order valence-corrected chi connectivity index (χ1v) is 8.41. The van der Waals surface area contributed by atoms with E-state index in [4.69, 9.17) is 21.7 Å². The van der Waals surface area contributed by atoms with Gasteiger partial charge in [0, 0.05) is 13.1 Å². The average molecular weight is 350 g/mol. The highest BCUT2D eigenvalue weighted by molar-refractivity contribution is 7.71. The number of nitrogens with zero attached hydrogens (tertiary/aromatic N) is 1. The number of anilines is 1. The van der Waals surface area contributed by atoms with Gasteiger partial charge in [-0.1, -0.05) is 12.2 Å². The maximum absolute atomic E-state index is 12.1. The highest BCUT2D eigenvalue weighted by Crippen LogP contribution is 2.52. The molecule has 1 aliphatic carbocycles. The fourth-order valence-electron chi connectivity index (χ4n) is 3.35. The van der Waals surface area contributed by atoms with Crippen LogP contribution in [0.25, 0.3) is 0 Å². The van der Waals surface area contributed by atoms with Crippen molar-refractivity contribution in [3.8, 4) is 0 Å². The first-order valence-electron chi connectivity index (χ1n) is 8.00. The number of aromatic amines is 1. The molecule has 3 rings (SSSR count). The summed E-state index contributed by atoms with van der Waals surface area (Å²) in [5.74, 6) is 1.07. The maximum atomic E-state index is 12.1. The van der Waals surface area contributed by atoms with E-state index in [1.807, 2.05) is 26.8 Å². The topological polar surface area (TPSA) is 71.6 Å². The fraction of sp³-hybridized carbons (Fsp3) is 0.588. The van der Waals surface area contributed by atoms with Crippen LogP contribution in [-0.4, -0.2) is 42.7 Å². The molecule has 1 aromatic heterocycles. The van der Waals surface area contributed by atoms with Gasteiger partial charge in [0.2, 0.25) is 0 Å². The summed E-state index contributed by atoms with van der Waals surface area (Å²) in [5, 5.41) is 0. The second-order valence-corrected chi connectivity index (χ2v) is 7.78. The van der Waals surface area contributed by atoms with Crippen molar-refractivity contribution in [1.29, 1.82) is 0 Å². The summed E-state index contributed by atoms with van der Waals surface area (Å²) < 4.78 is 10.5. The van der Waals surface area contributed by atoms with Crippen molar-refractivity contribution in [3.05, 3.63) is 22.3 Å². The number of aromatic nitrogens is 1. The SMILES string of the molecule is COC(=O)C1[C@H]2CN(c3ccc(C(=O)OC(C)(C)C)c(=S)[nH]3)C[C@@H]12. The van der Waals surface area contributed by atoms with Crippen LogP contribution in [0.1, 0.15) is 31.1 Å². The van der Waals surface area contributed by atoms with E-state index in [1.54, 1.807) is 6.07 Å². The van der Waals surface area contributed by atoms with Crippen LogP contribution in [0.4, 0.5) is 5.82 Å². The fourth-order valence-corrected chi connectivity index (χ4v) is 3.61. The molecule has 0 radical (unpaired) electrons. The number of nitrogens with one attached hydrogen (secondary N) is 1. The lowest BCUT2D eigenvalue weighted by Crippen LogP contribution is -2.27. The van der Waals surface area contributed by atoms with Crippen LogP contribution in [0.5, 0.6) is 0 Å². The molecular formula is C17H22N2O4S. The molecule has 6 nitrogen and oxygen atoms in total. The molecule has 24 heavy (non-hydrogen) atoms. The number of carbonyl (C=O) groups is 2. The summed E-state index contributed by atoms with van der Waals surface area (Å²) in [4.78, 5) is 29.0. The van der Waals surface area contributed by atoms with E-state index in [0.717, 1.165) is 18.9 Å². The smallest absolute Gasteiger partial charge is 0.341 e. The summed E-state index contributed by atoms with van der Waals surface area (Å²) in [5.41, 5.74) is -0.197. The maximum Gasteiger partial charge on any atom is 0.341 e. The van der Waals surface area contributed by atoms with Gasteiger partial charge in [-0.05, 0) is 44.7 Å². The van der Waals surface area contributed by atoms with Crippen molar-refractivity contribution >= 4 is 30.0 Å². The molecule has 2 fully saturated rings. The number of pyridine rings is 1. The number of hydrogen-bond donors (Lipinski definition) is 1. The minimum Gasteiger partial charge on any atom is -0.469 e. The van der Waals surface area contributed by atoms with Crippen molar-refractivity contribution in [2.45, 2.75) is 26.4 Å². The van der Waals surface area contributed by atoms with Gasteiger partial charge in [-0.25, -0.2) is 4.79 Å².